The fourth-order valence-corrected chi connectivity index (χ4v) is 2.44. The molecular weight excluding hydrogens is 238 g/mol. The number of hydrogen-bond donors (Lipinski definition) is 1. The zero-order valence-electron chi connectivity index (χ0n) is 11.7. The molecule has 0 unspecified atom stereocenters. The number of amides is 1. The Balaban J connectivity index is 1.64. The SMILES string of the molecule is Cc1ccc(OCCC(=O)NC2CCCCC2)cc1. The smallest absolute Gasteiger partial charge is 0.223 e. The maximum absolute atomic E-state index is 11.8. The van der Waals surface area contributed by atoms with E-state index in [9.17, 15) is 4.79 Å². The molecule has 1 aromatic carbocycles. The summed E-state index contributed by atoms with van der Waals surface area (Å²) in [6, 6.07) is 8.29. The van der Waals surface area contributed by atoms with Crippen molar-refractivity contribution in [3.63, 3.8) is 0 Å². The van der Waals surface area contributed by atoms with Crippen LogP contribution in [0, 0.1) is 6.92 Å². The van der Waals surface area contributed by atoms with Crippen molar-refractivity contribution in [1.29, 1.82) is 0 Å². The highest BCUT2D eigenvalue weighted by Gasteiger charge is 2.15. The summed E-state index contributed by atoms with van der Waals surface area (Å²) < 4.78 is 5.56. The maximum Gasteiger partial charge on any atom is 0.223 e. The van der Waals surface area contributed by atoms with Crippen LogP contribution >= 0.6 is 0 Å². The van der Waals surface area contributed by atoms with E-state index in [4.69, 9.17) is 4.74 Å². The molecule has 0 heterocycles. The van der Waals surface area contributed by atoms with Gasteiger partial charge in [-0.1, -0.05) is 37.0 Å². The van der Waals surface area contributed by atoms with E-state index in [1.165, 1.54) is 24.8 Å². The van der Waals surface area contributed by atoms with Crippen LogP contribution in [-0.4, -0.2) is 18.6 Å². The molecule has 0 aliphatic heterocycles. The second-order valence-corrected chi connectivity index (χ2v) is 5.31. The molecule has 0 saturated heterocycles. The van der Waals surface area contributed by atoms with Crippen molar-refractivity contribution in [3.8, 4) is 5.75 Å². The first kappa shape index (κ1) is 13.9. The standard InChI is InChI=1S/C16H23NO2/c1-13-7-9-15(10-8-13)19-12-11-16(18)17-14-5-3-2-4-6-14/h7-10,14H,2-6,11-12H2,1H3,(H,17,18). The number of carbonyl (C=O) groups excluding carboxylic acids is 1. The molecule has 0 atom stereocenters. The fourth-order valence-electron chi connectivity index (χ4n) is 2.44. The zero-order chi connectivity index (χ0) is 13.5. The van der Waals surface area contributed by atoms with Gasteiger partial charge < -0.3 is 10.1 Å². The number of benzene rings is 1. The molecule has 1 aliphatic carbocycles. The molecule has 0 bridgehead atoms. The summed E-state index contributed by atoms with van der Waals surface area (Å²) in [5.41, 5.74) is 1.21. The van der Waals surface area contributed by atoms with Gasteiger partial charge in [0.15, 0.2) is 0 Å². The topological polar surface area (TPSA) is 38.3 Å². The Bertz CT molecular complexity index is 394. The third-order valence-corrected chi connectivity index (χ3v) is 3.59. The Hall–Kier alpha value is -1.51. The molecule has 1 aromatic rings. The van der Waals surface area contributed by atoms with E-state index < -0.39 is 0 Å². The minimum Gasteiger partial charge on any atom is -0.493 e. The molecule has 1 saturated carbocycles. The third-order valence-electron chi connectivity index (χ3n) is 3.59. The summed E-state index contributed by atoms with van der Waals surface area (Å²) in [6.07, 6.45) is 6.48. The molecule has 1 amide bonds. The zero-order valence-corrected chi connectivity index (χ0v) is 11.7. The average molecular weight is 261 g/mol. The van der Waals surface area contributed by atoms with Crippen molar-refractivity contribution >= 4 is 5.91 Å². The Morgan fingerprint density at radius 3 is 2.58 bits per heavy atom. The van der Waals surface area contributed by atoms with Crippen molar-refractivity contribution in [2.75, 3.05) is 6.61 Å². The van der Waals surface area contributed by atoms with Gasteiger partial charge in [-0.2, -0.15) is 0 Å². The molecule has 1 N–H and O–H groups in total. The number of nitrogens with one attached hydrogen (secondary N) is 1. The van der Waals surface area contributed by atoms with Crippen molar-refractivity contribution in [3.05, 3.63) is 29.8 Å². The second kappa shape index (κ2) is 7.17. The minimum absolute atomic E-state index is 0.110. The van der Waals surface area contributed by atoms with Gasteiger partial charge in [0.25, 0.3) is 0 Å². The second-order valence-electron chi connectivity index (χ2n) is 5.31. The number of carbonyl (C=O) groups is 1. The summed E-state index contributed by atoms with van der Waals surface area (Å²) in [6.45, 7) is 2.49. The maximum atomic E-state index is 11.8. The normalized spacial score (nSPS) is 16.1. The number of rotatable bonds is 5. The van der Waals surface area contributed by atoms with E-state index in [-0.39, 0.29) is 5.91 Å². The highest BCUT2D eigenvalue weighted by Crippen LogP contribution is 2.17. The summed E-state index contributed by atoms with van der Waals surface area (Å²) >= 11 is 0. The first-order valence-corrected chi connectivity index (χ1v) is 7.23. The lowest BCUT2D eigenvalue weighted by Gasteiger charge is -2.22. The molecule has 104 valence electrons. The van der Waals surface area contributed by atoms with Crippen LogP contribution in [0.5, 0.6) is 5.75 Å². The van der Waals surface area contributed by atoms with Gasteiger partial charge in [-0.3, -0.25) is 4.79 Å². The van der Waals surface area contributed by atoms with Crippen LogP contribution in [-0.2, 0) is 4.79 Å². The molecule has 0 spiro atoms. The van der Waals surface area contributed by atoms with E-state index in [0.717, 1.165) is 18.6 Å². The molecule has 1 fully saturated rings. The summed E-state index contributed by atoms with van der Waals surface area (Å²) in [5.74, 6) is 0.940. The van der Waals surface area contributed by atoms with E-state index in [1.54, 1.807) is 0 Å². The lowest BCUT2D eigenvalue weighted by Crippen LogP contribution is -2.36. The van der Waals surface area contributed by atoms with Crippen LogP contribution in [0.2, 0.25) is 0 Å². The average Bonchev–Trinajstić information content (AvgIpc) is 2.42. The van der Waals surface area contributed by atoms with Gasteiger partial charge in [-0.05, 0) is 31.9 Å². The van der Waals surface area contributed by atoms with E-state index in [0.29, 0.717) is 19.1 Å². The Morgan fingerprint density at radius 1 is 1.21 bits per heavy atom. The molecular formula is C16H23NO2. The van der Waals surface area contributed by atoms with Crippen molar-refractivity contribution < 1.29 is 9.53 Å². The molecule has 0 aromatic heterocycles. The largest absolute Gasteiger partial charge is 0.493 e. The van der Waals surface area contributed by atoms with E-state index >= 15 is 0 Å². The predicted molar refractivity (Wildman–Crippen MR) is 76.3 cm³/mol. The van der Waals surface area contributed by atoms with Crippen LogP contribution in [0.4, 0.5) is 0 Å². The lowest BCUT2D eigenvalue weighted by molar-refractivity contribution is -0.122. The van der Waals surface area contributed by atoms with Gasteiger partial charge in [0.05, 0.1) is 13.0 Å². The Labute approximate surface area is 115 Å². The van der Waals surface area contributed by atoms with Gasteiger partial charge in [-0.25, -0.2) is 0 Å². The number of hydrogen-bond acceptors (Lipinski definition) is 2. The molecule has 2 rings (SSSR count). The summed E-state index contributed by atoms with van der Waals surface area (Å²) in [7, 11) is 0. The first-order valence-electron chi connectivity index (χ1n) is 7.23. The monoisotopic (exact) mass is 261 g/mol. The third kappa shape index (κ3) is 4.93. The van der Waals surface area contributed by atoms with Crippen LogP contribution in [0.25, 0.3) is 0 Å². The molecule has 0 radical (unpaired) electrons. The highest BCUT2D eigenvalue weighted by atomic mass is 16.5. The van der Waals surface area contributed by atoms with Gasteiger partial charge in [0.1, 0.15) is 5.75 Å². The van der Waals surface area contributed by atoms with Crippen molar-refractivity contribution in [1.82, 2.24) is 5.32 Å². The highest BCUT2D eigenvalue weighted by molar-refractivity contribution is 5.76. The van der Waals surface area contributed by atoms with Gasteiger partial charge in [0.2, 0.25) is 5.91 Å². The molecule has 3 nitrogen and oxygen atoms in total. The Morgan fingerprint density at radius 2 is 1.89 bits per heavy atom. The molecule has 19 heavy (non-hydrogen) atoms. The van der Waals surface area contributed by atoms with Crippen LogP contribution in [0.15, 0.2) is 24.3 Å². The summed E-state index contributed by atoms with van der Waals surface area (Å²) in [5, 5.41) is 3.10. The van der Waals surface area contributed by atoms with Crippen LogP contribution in [0.3, 0.4) is 0 Å². The minimum atomic E-state index is 0.110. The predicted octanol–water partition coefficient (Wildman–Crippen LogP) is 3.21. The molecule has 3 heteroatoms. The van der Waals surface area contributed by atoms with E-state index in [2.05, 4.69) is 5.32 Å². The molecule has 1 aliphatic rings. The Kier molecular flexibility index (Phi) is 5.25. The van der Waals surface area contributed by atoms with Crippen molar-refractivity contribution in [2.45, 2.75) is 51.5 Å². The lowest BCUT2D eigenvalue weighted by atomic mass is 9.95. The van der Waals surface area contributed by atoms with Crippen molar-refractivity contribution in [2.24, 2.45) is 0 Å². The van der Waals surface area contributed by atoms with Gasteiger partial charge in [0, 0.05) is 6.04 Å². The number of aryl methyl sites for hydroxylation is 1. The van der Waals surface area contributed by atoms with E-state index in [1.807, 2.05) is 31.2 Å². The quantitative estimate of drug-likeness (QED) is 0.884. The van der Waals surface area contributed by atoms with Gasteiger partial charge in [-0.15, -0.1) is 0 Å². The first-order chi connectivity index (χ1) is 9.24. The van der Waals surface area contributed by atoms with Gasteiger partial charge >= 0.3 is 0 Å². The van der Waals surface area contributed by atoms with Crippen LogP contribution in [0.1, 0.15) is 44.1 Å². The summed E-state index contributed by atoms with van der Waals surface area (Å²) in [4.78, 5) is 11.8. The van der Waals surface area contributed by atoms with Crippen LogP contribution < -0.4 is 10.1 Å². The number of ether oxygens (including phenoxy) is 1. The fraction of sp³-hybridized carbons (Fsp3) is 0.562.